The lowest BCUT2D eigenvalue weighted by atomic mass is 10.1. The Balaban J connectivity index is 2.64. The van der Waals surface area contributed by atoms with Gasteiger partial charge >= 0.3 is 0 Å². The fourth-order valence-corrected chi connectivity index (χ4v) is 1.81. The zero-order valence-corrected chi connectivity index (χ0v) is 12.0. The van der Waals surface area contributed by atoms with E-state index in [0.29, 0.717) is 5.56 Å². The van der Waals surface area contributed by atoms with Crippen molar-refractivity contribution in [2.24, 2.45) is 5.73 Å². The van der Waals surface area contributed by atoms with Crippen LogP contribution in [0.1, 0.15) is 24.9 Å². The molecule has 0 aliphatic rings. The summed E-state index contributed by atoms with van der Waals surface area (Å²) in [5.41, 5.74) is 6.12. The molecule has 0 heterocycles. The summed E-state index contributed by atoms with van der Waals surface area (Å²) in [6, 6.07) is 4.29. The molecule has 112 valence electrons. The molecule has 20 heavy (non-hydrogen) atoms. The lowest BCUT2D eigenvalue weighted by Crippen LogP contribution is -2.33. The monoisotopic (exact) mass is 284 g/mol. The second-order valence-corrected chi connectivity index (χ2v) is 4.48. The number of hydrogen-bond donors (Lipinski definition) is 2. The second-order valence-electron chi connectivity index (χ2n) is 4.48. The highest BCUT2D eigenvalue weighted by molar-refractivity contribution is 5.77. The molecule has 6 heteroatoms. The molecule has 0 saturated heterocycles. The molecule has 2 atom stereocenters. The summed E-state index contributed by atoms with van der Waals surface area (Å²) in [4.78, 5) is 11.8. The van der Waals surface area contributed by atoms with Crippen molar-refractivity contribution in [3.63, 3.8) is 0 Å². The van der Waals surface area contributed by atoms with Gasteiger partial charge in [0, 0.05) is 13.7 Å². The largest absolute Gasteiger partial charge is 0.494 e. The fourth-order valence-electron chi connectivity index (χ4n) is 1.81. The smallest absolute Gasteiger partial charge is 0.223 e. The van der Waals surface area contributed by atoms with E-state index >= 15 is 0 Å². The number of nitrogens with one attached hydrogen (secondary N) is 1. The molecular weight excluding hydrogens is 263 g/mol. The number of carbonyl (C=O) groups is 1. The molecule has 0 radical (unpaired) electrons. The van der Waals surface area contributed by atoms with Gasteiger partial charge in [-0.05, 0) is 24.6 Å². The van der Waals surface area contributed by atoms with E-state index in [-0.39, 0.29) is 36.8 Å². The average molecular weight is 284 g/mol. The molecule has 0 aliphatic carbocycles. The molecule has 1 aromatic rings. The van der Waals surface area contributed by atoms with Crippen LogP contribution in [-0.4, -0.2) is 32.8 Å². The molecule has 1 amide bonds. The van der Waals surface area contributed by atoms with Crippen LogP contribution in [0, 0.1) is 5.82 Å². The van der Waals surface area contributed by atoms with Gasteiger partial charge in [-0.3, -0.25) is 4.79 Å². The standard InChI is InChI=1S/C14H21FN2O3/c1-9(17-14(18)7-11(8-16)19-2)10-4-5-13(20-3)12(15)6-10/h4-6,9,11H,7-8,16H2,1-3H3,(H,17,18). The predicted octanol–water partition coefficient (Wildman–Crippen LogP) is 1.38. The van der Waals surface area contributed by atoms with Gasteiger partial charge in [0.25, 0.3) is 0 Å². The third-order valence-electron chi connectivity index (χ3n) is 3.06. The van der Waals surface area contributed by atoms with Gasteiger partial charge in [-0.15, -0.1) is 0 Å². The zero-order valence-electron chi connectivity index (χ0n) is 12.0. The highest BCUT2D eigenvalue weighted by Gasteiger charge is 2.15. The molecule has 0 aromatic heterocycles. The van der Waals surface area contributed by atoms with E-state index in [4.69, 9.17) is 15.2 Å². The first kappa shape index (κ1) is 16.4. The SMILES string of the molecule is COc1ccc(C(C)NC(=O)CC(CN)OC)cc1F. The van der Waals surface area contributed by atoms with Crippen molar-refractivity contribution in [1.82, 2.24) is 5.32 Å². The molecule has 0 saturated carbocycles. The highest BCUT2D eigenvalue weighted by Crippen LogP contribution is 2.21. The first-order valence-corrected chi connectivity index (χ1v) is 6.37. The van der Waals surface area contributed by atoms with E-state index in [1.165, 1.54) is 26.4 Å². The van der Waals surface area contributed by atoms with Gasteiger partial charge in [0.2, 0.25) is 5.91 Å². The van der Waals surface area contributed by atoms with Crippen LogP contribution in [0.4, 0.5) is 4.39 Å². The van der Waals surface area contributed by atoms with Crippen molar-refractivity contribution < 1.29 is 18.7 Å². The quantitative estimate of drug-likeness (QED) is 0.793. The topological polar surface area (TPSA) is 73.6 Å². The van der Waals surface area contributed by atoms with Gasteiger partial charge in [0.15, 0.2) is 11.6 Å². The fraction of sp³-hybridized carbons (Fsp3) is 0.500. The molecule has 3 N–H and O–H groups in total. The number of rotatable bonds is 7. The molecule has 0 spiro atoms. The average Bonchev–Trinajstić information content (AvgIpc) is 2.44. The number of methoxy groups -OCH3 is 2. The van der Waals surface area contributed by atoms with Crippen LogP contribution in [0.5, 0.6) is 5.75 Å². The molecule has 0 bridgehead atoms. The number of halogens is 1. The maximum absolute atomic E-state index is 13.6. The summed E-state index contributed by atoms with van der Waals surface area (Å²) in [6.45, 7) is 2.05. The number of amides is 1. The van der Waals surface area contributed by atoms with E-state index in [9.17, 15) is 9.18 Å². The molecule has 1 rings (SSSR count). The van der Waals surface area contributed by atoms with Crippen molar-refractivity contribution >= 4 is 5.91 Å². The van der Waals surface area contributed by atoms with E-state index in [2.05, 4.69) is 5.32 Å². The number of nitrogens with two attached hydrogens (primary N) is 1. The third-order valence-corrected chi connectivity index (χ3v) is 3.06. The Hall–Kier alpha value is -1.66. The molecular formula is C14H21FN2O3. The lowest BCUT2D eigenvalue weighted by molar-refractivity contribution is -0.124. The minimum atomic E-state index is -0.456. The van der Waals surface area contributed by atoms with Crippen molar-refractivity contribution in [3.8, 4) is 5.75 Å². The van der Waals surface area contributed by atoms with Crippen molar-refractivity contribution in [2.75, 3.05) is 20.8 Å². The molecule has 1 aromatic carbocycles. The Morgan fingerprint density at radius 3 is 2.65 bits per heavy atom. The number of benzene rings is 1. The van der Waals surface area contributed by atoms with Gasteiger partial charge in [-0.2, -0.15) is 0 Å². The van der Waals surface area contributed by atoms with E-state index in [0.717, 1.165) is 0 Å². The minimum absolute atomic E-state index is 0.176. The summed E-state index contributed by atoms with van der Waals surface area (Å²) in [5, 5.41) is 2.78. The first-order chi connectivity index (χ1) is 9.51. The zero-order chi connectivity index (χ0) is 15.1. The van der Waals surface area contributed by atoms with Crippen LogP contribution >= 0.6 is 0 Å². The Kier molecular flexibility index (Phi) is 6.41. The van der Waals surface area contributed by atoms with Crippen LogP contribution in [-0.2, 0) is 9.53 Å². The van der Waals surface area contributed by atoms with Crippen LogP contribution < -0.4 is 15.8 Å². The van der Waals surface area contributed by atoms with Gasteiger partial charge in [0.1, 0.15) is 0 Å². The number of carbonyl (C=O) groups excluding carboxylic acids is 1. The van der Waals surface area contributed by atoms with E-state index in [1.54, 1.807) is 13.0 Å². The van der Waals surface area contributed by atoms with Crippen LogP contribution in [0.2, 0.25) is 0 Å². The predicted molar refractivity (Wildman–Crippen MR) is 74.0 cm³/mol. The van der Waals surface area contributed by atoms with Gasteiger partial charge < -0.3 is 20.5 Å². The Morgan fingerprint density at radius 2 is 2.15 bits per heavy atom. The number of ether oxygens (including phenoxy) is 2. The first-order valence-electron chi connectivity index (χ1n) is 6.37. The third kappa shape index (κ3) is 4.47. The molecule has 2 unspecified atom stereocenters. The summed E-state index contributed by atoms with van der Waals surface area (Å²) in [7, 11) is 2.91. The summed E-state index contributed by atoms with van der Waals surface area (Å²) in [6.07, 6.45) is -0.134. The summed E-state index contributed by atoms with van der Waals surface area (Å²) >= 11 is 0. The molecule has 5 nitrogen and oxygen atoms in total. The minimum Gasteiger partial charge on any atom is -0.494 e. The normalized spacial score (nSPS) is 13.7. The van der Waals surface area contributed by atoms with Gasteiger partial charge in [-0.1, -0.05) is 6.07 Å². The summed E-state index contributed by atoms with van der Waals surface area (Å²) in [5.74, 6) is -0.469. The Morgan fingerprint density at radius 1 is 1.45 bits per heavy atom. The maximum Gasteiger partial charge on any atom is 0.223 e. The summed E-state index contributed by atoms with van der Waals surface area (Å²) < 4.78 is 23.5. The maximum atomic E-state index is 13.6. The molecule has 0 fully saturated rings. The van der Waals surface area contributed by atoms with Crippen LogP contribution in [0.25, 0.3) is 0 Å². The Labute approximate surface area is 118 Å². The van der Waals surface area contributed by atoms with E-state index in [1.807, 2.05) is 0 Å². The van der Waals surface area contributed by atoms with Crippen molar-refractivity contribution in [1.29, 1.82) is 0 Å². The van der Waals surface area contributed by atoms with Crippen molar-refractivity contribution in [2.45, 2.75) is 25.5 Å². The number of hydrogen-bond acceptors (Lipinski definition) is 4. The van der Waals surface area contributed by atoms with Crippen LogP contribution in [0.15, 0.2) is 18.2 Å². The lowest BCUT2D eigenvalue weighted by Gasteiger charge is -2.17. The van der Waals surface area contributed by atoms with Crippen molar-refractivity contribution in [3.05, 3.63) is 29.6 Å². The van der Waals surface area contributed by atoms with E-state index < -0.39 is 5.82 Å². The Bertz CT molecular complexity index is 450. The molecule has 0 aliphatic heterocycles. The second kappa shape index (κ2) is 7.81. The van der Waals surface area contributed by atoms with Gasteiger partial charge in [0.05, 0.1) is 25.7 Å². The van der Waals surface area contributed by atoms with Gasteiger partial charge in [-0.25, -0.2) is 4.39 Å². The highest BCUT2D eigenvalue weighted by atomic mass is 19.1. The van der Waals surface area contributed by atoms with Crippen LogP contribution in [0.3, 0.4) is 0 Å².